The average Bonchev–Trinajstić information content (AvgIpc) is 3.45. The predicted molar refractivity (Wildman–Crippen MR) is 121 cm³/mol. The van der Waals surface area contributed by atoms with E-state index < -0.39 is 6.10 Å². The molecule has 5 rings (SSSR count). The number of ether oxygens (including phenoxy) is 1. The fraction of sp³-hybridized carbons (Fsp3) is 0.435. The molecule has 0 amide bonds. The van der Waals surface area contributed by atoms with Crippen LogP contribution in [0.25, 0.3) is 0 Å². The quantitative estimate of drug-likeness (QED) is 0.574. The lowest BCUT2D eigenvalue weighted by atomic mass is 10.1. The van der Waals surface area contributed by atoms with Gasteiger partial charge in [0.05, 0.1) is 23.2 Å². The minimum atomic E-state index is -0.442. The number of hydrogen-bond donors (Lipinski definition) is 2. The van der Waals surface area contributed by atoms with Crippen LogP contribution in [0.3, 0.4) is 0 Å². The number of nitrogens with one attached hydrogen (secondary N) is 1. The molecule has 1 aliphatic carbocycles. The molecule has 4 heterocycles. The van der Waals surface area contributed by atoms with Gasteiger partial charge in [-0.3, -0.25) is 4.79 Å². The summed E-state index contributed by atoms with van der Waals surface area (Å²) in [6, 6.07) is 1.93. The van der Waals surface area contributed by atoms with Gasteiger partial charge in [0.25, 0.3) is 0 Å². The lowest BCUT2D eigenvalue weighted by molar-refractivity contribution is 0.0423. The molecule has 32 heavy (non-hydrogen) atoms. The second kappa shape index (κ2) is 8.38. The molecule has 0 unspecified atom stereocenters. The number of rotatable bonds is 5. The first kappa shape index (κ1) is 21.2. The first-order valence-corrected chi connectivity index (χ1v) is 11.6. The van der Waals surface area contributed by atoms with Crippen molar-refractivity contribution in [2.45, 2.75) is 51.5 Å². The predicted octanol–water partition coefficient (Wildman–Crippen LogP) is 3.09. The van der Waals surface area contributed by atoms with Gasteiger partial charge in [-0.2, -0.15) is 0 Å². The molecule has 1 saturated carbocycles. The van der Waals surface area contributed by atoms with Crippen molar-refractivity contribution in [3.8, 4) is 0 Å². The Morgan fingerprint density at radius 2 is 2.16 bits per heavy atom. The summed E-state index contributed by atoms with van der Waals surface area (Å²) in [6.45, 7) is 9.42. The van der Waals surface area contributed by atoms with Crippen LogP contribution in [0, 0.1) is 26.7 Å². The lowest BCUT2D eigenvalue weighted by Gasteiger charge is -2.25. The number of aryl methyl sites for hydroxylation is 2. The van der Waals surface area contributed by atoms with E-state index in [-0.39, 0.29) is 23.8 Å². The Morgan fingerprint density at radius 1 is 1.31 bits per heavy atom. The molecular weight excluding hydrogens is 426 g/mol. The number of anilines is 1. The van der Waals surface area contributed by atoms with Gasteiger partial charge in [-0.05, 0) is 45.6 Å². The minimum absolute atomic E-state index is 0.0207. The lowest BCUT2D eigenvalue weighted by Crippen LogP contribution is -2.23. The summed E-state index contributed by atoms with van der Waals surface area (Å²) in [5, 5.41) is 13.3. The number of aliphatic hydroxyl groups excluding tert-OH is 1. The summed E-state index contributed by atoms with van der Waals surface area (Å²) in [7, 11) is 0. The molecule has 0 spiro atoms. The molecule has 9 heteroatoms. The van der Waals surface area contributed by atoms with E-state index in [1.54, 1.807) is 6.20 Å². The van der Waals surface area contributed by atoms with Gasteiger partial charge in [0.2, 0.25) is 5.78 Å². The van der Waals surface area contributed by atoms with Crippen molar-refractivity contribution in [3.05, 3.63) is 64.1 Å². The number of carbonyl (C=O) groups is 1. The van der Waals surface area contributed by atoms with Gasteiger partial charge in [0.1, 0.15) is 24.1 Å². The first-order chi connectivity index (χ1) is 15.4. The molecule has 4 atom stereocenters. The molecule has 3 aromatic rings. The standard InChI is InChI=1S/C23H26N5O3S/c1-12-6-15(7-18(12)29)27-22-17(10-24-11-26-22)20(30)19-8-16(14(3)32-19)21-23-25-9-13(2)28(23)4-5-31-21/h8-12,15,18,21,29H,1,4-7H2,2-3H3,(H,24,26,27)/t12-,15-,18+,21-/m1/s1. The fourth-order valence-corrected chi connectivity index (χ4v) is 5.57. The number of imidazole rings is 1. The van der Waals surface area contributed by atoms with E-state index in [2.05, 4.69) is 31.8 Å². The van der Waals surface area contributed by atoms with E-state index in [1.807, 2.05) is 26.1 Å². The molecule has 1 fully saturated rings. The maximum atomic E-state index is 13.4. The van der Waals surface area contributed by atoms with Crippen molar-refractivity contribution in [1.82, 2.24) is 19.5 Å². The Morgan fingerprint density at radius 3 is 2.94 bits per heavy atom. The normalized spacial score (nSPS) is 25.0. The molecule has 0 saturated heterocycles. The number of fused-ring (bicyclic) bond motifs is 1. The van der Waals surface area contributed by atoms with Crippen molar-refractivity contribution in [1.29, 1.82) is 0 Å². The van der Waals surface area contributed by atoms with E-state index >= 15 is 0 Å². The highest BCUT2D eigenvalue weighted by Crippen LogP contribution is 2.36. The highest BCUT2D eigenvalue weighted by molar-refractivity contribution is 7.14. The molecule has 8 nitrogen and oxygen atoms in total. The summed E-state index contributed by atoms with van der Waals surface area (Å²) < 4.78 is 8.23. The van der Waals surface area contributed by atoms with Gasteiger partial charge in [-0.25, -0.2) is 15.0 Å². The third kappa shape index (κ3) is 3.74. The summed E-state index contributed by atoms with van der Waals surface area (Å²) in [5.41, 5.74) is 2.50. The van der Waals surface area contributed by atoms with Gasteiger partial charge in [-0.1, -0.05) is 0 Å². The second-order valence-electron chi connectivity index (χ2n) is 8.54. The Labute approximate surface area is 190 Å². The Bertz CT molecular complexity index is 1150. The smallest absolute Gasteiger partial charge is 0.208 e. The molecule has 2 N–H and O–H groups in total. The van der Waals surface area contributed by atoms with E-state index in [0.29, 0.717) is 29.3 Å². The molecule has 0 aromatic carbocycles. The molecular formula is C23H26N5O3S. The second-order valence-corrected chi connectivity index (χ2v) is 9.79. The first-order valence-electron chi connectivity index (χ1n) is 10.8. The molecule has 3 aromatic heterocycles. The Balaban J connectivity index is 1.42. The van der Waals surface area contributed by atoms with Crippen molar-refractivity contribution >= 4 is 22.9 Å². The van der Waals surface area contributed by atoms with Gasteiger partial charge < -0.3 is 19.7 Å². The third-order valence-corrected chi connectivity index (χ3v) is 7.40. The molecule has 1 radical (unpaired) electrons. The van der Waals surface area contributed by atoms with Crippen LogP contribution in [0.5, 0.6) is 0 Å². The van der Waals surface area contributed by atoms with E-state index in [4.69, 9.17) is 4.74 Å². The monoisotopic (exact) mass is 452 g/mol. The maximum Gasteiger partial charge on any atom is 0.208 e. The van der Waals surface area contributed by atoms with Gasteiger partial charge in [0, 0.05) is 41.1 Å². The van der Waals surface area contributed by atoms with Crippen molar-refractivity contribution in [2.75, 3.05) is 11.9 Å². The van der Waals surface area contributed by atoms with Gasteiger partial charge >= 0.3 is 0 Å². The third-order valence-electron chi connectivity index (χ3n) is 6.34. The number of ketones is 1. The number of aliphatic hydroxyl groups is 1. The number of nitrogens with zero attached hydrogens (tertiary/aromatic N) is 4. The van der Waals surface area contributed by atoms with Crippen LogP contribution in [-0.4, -0.2) is 49.2 Å². The maximum absolute atomic E-state index is 13.4. The number of hydrogen-bond acceptors (Lipinski definition) is 8. The van der Waals surface area contributed by atoms with E-state index in [9.17, 15) is 9.90 Å². The molecule has 167 valence electrons. The molecule has 1 aliphatic heterocycles. The van der Waals surface area contributed by atoms with Crippen LogP contribution < -0.4 is 5.32 Å². The van der Waals surface area contributed by atoms with Crippen LogP contribution in [-0.2, 0) is 11.3 Å². The van der Waals surface area contributed by atoms with Crippen molar-refractivity contribution in [2.24, 2.45) is 5.92 Å². The zero-order valence-electron chi connectivity index (χ0n) is 18.1. The summed E-state index contributed by atoms with van der Waals surface area (Å²) in [6.07, 6.45) is 5.42. The molecule has 0 bridgehead atoms. The largest absolute Gasteiger partial charge is 0.393 e. The highest BCUT2D eigenvalue weighted by atomic mass is 32.1. The van der Waals surface area contributed by atoms with Crippen molar-refractivity contribution in [3.63, 3.8) is 0 Å². The van der Waals surface area contributed by atoms with Gasteiger partial charge in [0.15, 0.2) is 0 Å². The van der Waals surface area contributed by atoms with Crippen molar-refractivity contribution < 1.29 is 14.6 Å². The van der Waals surface area contributed by atoms with E-state index in [1.165, 1.54) is 17.7 Å². The van der Waals surface area contributed by atoms with Crippen LogP contribution in [0.1, 0.15) is 56.1 Å². The van der Waals surface area contributed by atoms with E-state index in [0.717, 1.165) is 34.9 Å². The average molecular weight is 453 g/mol. The zero-order chi connectivity index (χ0) is 22.4. The minimum Gasteiger partial charge on any atom is -0.393 e. The highest BCUT2D eigenvalue weighted by Gasteiger charge is 2.32. The Kier molecular flexibility index (Phi) is 5.56. The number of aromatic nitrogens is 4. The SMILES string of the molecule is [CH2][C@@H]1C[C@@H](Nc2ncncc2C(=O)c2cc([C@H]3OCCn4c(C)cnc43)c(C)s2)C[C@@H]1O. The van der Waals surface area contributed by atoms with Crippen LogP contribution in [0.2, 0.25) is 0 Å². The van der Waals surface area contributed by atoms with Crippen LogP contribution >= 0.6 is 11.3 Å². The molecule has 2 aliphatic rings. The summed E-state index contributed by atoms with van der Waals surface area (Å²) in [5.74, 6) is 1.21. The fourth-order valence-electron chi connectivity index (χ4n) is 4.57. The van der Waals surface area contributed by atoms with Crippen LogP contribution in [0.4, 0.5) is 5.82 Å². The zero-order valence-corrected chi connectivity index (χ0v) is 18.9. The topological polar surface area (TPSA) is 102 Å². The van der Waals surface area contributed by atoms with Gasteiger partial charge in [-0.15, -0.1) is 11.3 Å². The summed E-state index contributed by atoms with van der Waals surface area (Å²) in [4.78, 5) is 28.0. The number of carbonyl (C=O) groups excluding carboxylic acids is 1. The van der Waals surface area contributed by atoms with Crippen LogP contribution in [0.15, 0.2) is 24.8 Å². The Hall–Kier alpha value is -2.62. The number of thiophene rings is 1. The summed E-state index contributed by atoms with van der Waals surface area (Å²) >= 11 is 1.44.